The van der Waals surface area contributed by atoms with Crippen molar-refractivity contribution in [3.05, 3.63) is 111 Å². The second-order valence-corrected chi connectivity index (χ2v) is 9.95. The Kier molecular flexibility index (Phi) is 6.26. The van der Waals surface area contributed by atoms with Crippen LogP contribution in [0.3, 0.4) is 0 Å². The van der Waals surface area contributed by atoms with Crippen LogP contribution in [0.2, 0.25) is 0 Å². The number of aliphatic imine (C=N–C) groups is 1. The van der Waals surface area contributed by atoms with Crippen LogP contribution in [0, 0.1) is 13.8 Å². The number of hydrogen-bond donors (Lipinski definition) is 0. The summed E-state index contributed by atoms with van der Waals surface area (Å²) in [6, 6.07) is 27.5. The smallest absolute Gasteiger partial charge is 0.271 e. The molecule has 1 fully saturated rings. The highest BCUT2D eigenvalue weighted by molar-refractivity contribution is 9.10. The van der Waals surface area contributed by atoms with Gasteiger partial charge in [0.1, 0.15) is 11.5 Å². The number of carbonyl (C=O) groups excluding carboxylic acids is 1. The molecule has 4 aromatic rings. The van der Waals surface area contributed by atoms with E-state index in [1.807, 2.05) is 98.8 Å². The lowest BCUT2D eigenvalue weighted by Crippen LogP contribution is -2.28. The second kappa shape index (κ2) is 9.49. The number of thioether (sulfide) groups is 1. The molecule has 0 bridgehead atoms. The molecular formula is C28H21BrN2O2S. The monoisotopic (exact) mass is 528 g/mol. The number of furan rings is 1. The fraction of sp³-hybridized carbons (Fsp3) is 0.0714. The molecule has 34 heavy (non-hydrogen) atoms. The van der Waals surface area contributed by atoms with Gasteiger partial charge in [0, 0.05) is 16.1 Å². The molecule has 0 radical (unpaired) electrons. The first-order chi connectivity index (χ1) is 16.5. The molecule has 0 aliphatic carbocycles. The number of amides is 1. The van der Waals surface area contributed by atoms with Gasteiger partial charge in [-0.3, -0.25) is 9.69 Å². The van der Waals surface area contributed by atoms with Crippen molar-refractivity contribution in [1.82, 2.24) is 0 Å². The highest BCUT2D eigenvalue weighted by Crippen LogP contribution is 2.38. The molecule has 3 aromatic carbocycles. The van der Waals surface area contributed by atoms with Crippen molar-refractivity contribution >= 4 is 56.2 Å². The van der Waals surface area contributed by atoms with E-state index in [-0.39, 0.29) is 5.91 Å². The Morgan fingerprint density at radius 2 is 1.50 bits per heavy atom. The Balaban J connectivity index is 1.50. The SMILES string of the molecule is Cc1ccc(N=C2S/C(=C\c3ccc(-c4ccc(Br)cc4)o3)C(=O)N2c2ccc(C)cc2)cc1. The molecule has 1 aromatic heterocycles. The first kappa shape index (κ1) is 22.4. The van der Waals surface area contributed by atoms with Crippen LogP contribution in [-0.2, 0) is 4.79 Å². The Labute approximate surface area is 211 Å². The number of aryl methyl sites for hydroxylation is 2. The van der Waals surface area contributed by atoms with Gasteiger partial charge in [-0.15, -0.1) is 0 Å². The Morgan fingerprint density at radius 1 is 0.853 bits per heavy atom. The molecule has 1 aliphatic heterocycles. The minimum absolute atomic E-state index is 0.124. The zero-order chi connectivity index (χ0) is 23.7. The zero-order valence-electron chi connectivity index (χ0n) is 18.7. The van der Waals surface area contributed by atoms with Gasteiger partial charge in [0.25, 0.3) is 5.91 Å². The van der Waals surface area contributed by atoms with Crippen LogP contribution in [-0.4, -0.2) is 11.1 Å². The summed E-state index contributed by atoms with van der Waals surface area (Å²) in [5.41, 5.74) is 4.85. The molecule has 5 rings (SSSR count). The molecule has 0 unspecified atom stereocenters. The van der Waals surface area contributed by atoms with E-state index in [0.29, 0.717) is 15.8 Å². The van der Waals surface area contributed by atoms with Crippen LogP contribution in [0.25, 0.3) is 17.4 Å². The van der Waals surface area contributed by atoms with Crippen LogP contribution in [0.15, 0.2) is 104 Å². The van der Waals surface area contributed by atoms with Gasteiger partial charge >= 0.3 is 0 Å². The van der Waals surface area contributed by atoms with Crippen LogP contribution < -0.4 is 4.90 Å². The molecule has 2 heterocycles. The summed E-state index contributed by atoms with van der Waals surface area (Å²) >= 11 is 4.80. The summed E-state index contributed by atoms with van der Waals surface area (Å²) in [6.07, 6.45) is 1.79. The van der Waals surface area contributed by atoms with Gasteiger partial charge in [-0.2, -0.15) is 0 Å². The molecule has 1 aliphatic rings. The Hall–Kier alpha value is -3.35. The summed E-state index contributed by atoms with van der Waals surface area (Å²) in [6.45, 7) is 4.06. The van der Waals surface area contributed by atoms with E-state index >= 15 is 0 Å². The first-order valence-corrected chi connectivity index (χ1v) is 12.4. The average molecular weight is 529 g/mol. The van der Waals surface area contributed by atoms with Crippen LogP contribution in [0.1, 0.15) is 16.9 Å². The number of rotatable bonds is 4. The van der Waals surface area contributed by atoms with E-state index in [1.165, 1.54) is 11.8 Å². The zero-order valence-corrected chi connectivity index (χ0v) is 21.1. The van der Waals surface area contributed by atoms with Gasteiger partial charge in [-0.25, -0.2) is 4.99 Å². The van der Waals surface area contributed by atoms with Crippen molar-refractivity contribution < 1.29 is 9.21 Å². The normalized spacial score (nSPS) is 16.1. The molecule has 6 heteroatoms. The number of nitrogens with zero attached hydrogens (tertiary/aromatic N) is 2. The fourth-order valence-corrected chi connectivity index (χ4v) is 4.77. The quantitative estimate of drug-likeness (QED) is 0.251. The third-order valence-electron chi connectivity index (χ3n) is 5.39. The van der Waals surface area contributed by atoms with Gasteiger partial charge < -0.3 is 4.42 Å². The number of halogens is 1. The average Bonchev–Trinajstić information content (AvgIpc) is 3.41. The Morgan fingerprint density at radius 3 is 2.18 bits per heavy atom. The van der Waals surface area contributed by atoms with E-state index in [1.54, 1.807) is 11.0 Å². The van der Waals surface area contributed by atoms with Gasteiger partial charge in [0.05, 0.1) is 16.3 Å². The molecule has 1 saturated heterocycles. The van der Waals surface area contributed by atoms with E-state index in [2.05, 4.69) is 15.9 Å². The summed E-state index contributed by atoms with van der Waals surface area (Å²) < 4.78 is 7.04. The molecule has 1 amide bonds. The maximum atomic E-state index is 13.5. The fourth-order valence-electron chi connectivity index (χ4n) is 3.53. The lowest BCUT2D eigenvalue weighted by atomic mass is 10.2. The predicted octanol–water partition coefficient (Wildman–Crippen LogP) is 8.13. The third kappa shape index (κ3) is 4.79. The van der Waals surface area contributed by atoms with Crippen molar-refractivity contribution in [2.45, 2.75) is 13.8 Å². The molecule has 0 spiro atoms. The lowest BCUT2D eigenvalue weighted by molar-refractivity contribution is -0.113. The second-order valence-electron chi connectivity index (χ2n) is 8.03. The largest absolute Gasteiger partial charge is 0.457 e. The number of anilines is 1. The number of hydrogen-bond acceptors (Lipinski definition) is 4. The van der Waals surface area contributed by atoms with Gasteiger partial charge in [-0.05, 0) is 74.1 Å². The van der Waals surface area contributed by atoms with Crippen LogP contribution in [0.5, 0.6) is 0 Å². The maximum Gasteiger partial charge on any atom is 0.271 e. The molecular weight excluding hydrogens is 508 g/mol. The topological polar surface area (TPSA) is 45.8 Å². The predicted molar refractivity (Wildman–Crippen MR) is 144 cm³/mol. The number of benzene rings is 3. The first-order valence-electron chi connectivity index (χ1n) is 10.8. The molecule has 0 atom stereocenters. The highest BCUT2D eigenvalue weighted by Gasteiger charge is 2.35. The standard InChI is InChI=1S/C28H21BrN2O2S/c1-18-3-11-22(12-4-18)30-28-31(23-13-5-19(2)6-14-23)27(32)26(34-28)17-24-15-16-25(33-24)20-7-9-21(29)10-8-20/h3-17H,1-2H3/b26-17-,30-28?. The van der Waals surface area contributed by atoms with Gasteiger partial charge in [-0.1, -0.05) is 63.5 Å². The van der Waals surface area contributed by atoms with E-state index in [9.17, 15) is 4.79 Å². The molecule has 4 nitrogen and oxygen atoms in total. The van der Waals surface area contributed by atoms with Crippen LogP contribution >= 0.6 is 27.7 Å². The third-order valence-corrected chi connectivity index (χ3v) is 6.88. The minimum atomic E-state index is -0.124. The maximum absolute atomic E-state index is 13.5. The van der Waals surface area contributed by atoms with E-state index < -0.39 is 0 Å². The summed E-state index contributed by atoms with van der Waals surface area (Å²) in [5, 5.41) is 0.614. The molecule has 0 N–H and O–H groups in total. The van der Waals surface area contributed by atoms with Crippen molar-refractivity contribution in [3.63, 3.8) is 0 Å². The number of amidine groups is 1. The lowest BCUT2D eigenvalue weighted by Gasteiger charge is -2.16. The van der Waals surface area contributed by atoms with Crippen LogP contribution in [0.4, 0.5) is 11.4 Å². The van der Waals surface area contributed by atoms with E-state index in [4.69, 9.17) is 9.41 Å². The van der Waals surface area contributed by atoms with Gasteiger partial charge in [0.15, 0.2) is 5.17 Å². The van der Waals surface area contributed by atoms with Crippen molar-refractivity contribution in [1.29, 1.82) is 0 Å². The van der Waals surface area contributed by atoms with E-state index in [0.717, 1.165) is 38.3 Å². The molecule has 0 saturated carbocycles. The number of carbonyl (C=O) groups is 1. The van der Waals surface area contributed by atoms with Crippen molar-refractivity contribution in [3.8, 4) is 11.3 Å². The van der Waals surface area contributed by atoms with Gasteiger partial charge in [0.2, 0.25) is 0 Å². The summed E-state index contributed by atoms with van der Waals surface area (Å²) in [7, 11) is 0. The molecule has 168 valence electrons. The highest BCUT2D eigenvalue weighted by atomic mass is 79.9. The van der Waals surface area contributed by atoms with Crippen molar-refractivity contribution in [2.75, 3.05) is 4.90 Å². The Bertz CT molecular complexity index is 1400. The van der Waals surface area contributed by atoms with Crippen molar-refractivity contribution in [2.24, 2.45) is 4.99 Å². The summed E-state index contributed by atoms with van der Waals surface area (Å²) in [4.78, 5) is 20.5. The minimum Gasteiger partial charge on any atom is -0.457 e. The summed E-state index contributed by atoms with van der Waals surface area (Å²) in [5.74, 6) is 1.24.